The molecule has 0 radical (unpaired) electrons. The molecule has 0 aliphatic heterocycles. The molecule has 152 valence electrons. The zero-order valence-corrected chi connectivity index (χ0v) is 17.2. The molecule has 6 nitrogen and oxygen atoms in total. The molecule has 0 aromatic heterocycles. The van der Waals surface area contributed by atoms with E-state index in [2.05, 4.69) is 5.32 Å². The standard InChI is InChI=1S/C19H22ClFN2O4S/c1-27-18-8-4-3-6-14(18)7-5-11-22-19(24)13-23(28(2,25)26)15-9-10-17(21)16(20)12-15/h3-4,6,8-10,12H,5,7,11,13H2,1-2H3,(H,22,24). The zero-order chi connectivity index (χ0) is 20.7. The quantitative estimate of drug-likeness (QED) is 0.623. The maximum Gasteiger partial charge on any atom is 0.240 e. The van der Waals surface area contributed by atoms with Gasteiger partial charge in [0.25, 0.3) is 0 Å². The van der Waals surface area contributed by atoms with Crippen LogP contribution in [-0.2, 0) is 21.2 Å². The van der Waals surface area contributed by atoms with E-state index in [9.17, 15) is 17.6 Å². The monoisotopic (exact) mass is 428 g/mol. The predicted molar refractivity (Wildman–Crippen MR) is 108 cm³/mol. The first-order chi connectivity index (χ1) is 13.2. The van der Waals surface area contributed by atoms with Gasteiger partial charge in [0.2, 0.25) is 15.9 Å². The van der Waals surface area contributed by atoms with E-state index in [0.29, 0.717) is 19.4 Å². The summed E-state index contributed by atoms with van der Waals surface area (Å²) in [5.74, 6) is -0.351. The van der Waals surface area contributed by atoms with Gasteiger partial charge in [0.15, 0.2) is 0 Å². The second kappa shape index (κ2) is 9.75. The van der Waals surface area contributed by atoms with Gasteiger partial charge in [-0.25, -0.2) is 12.8 Å². The lowest BCUT2D eigenvalue weighted by Gasteiger charge is -2.22. The van der Waals surface area contributed by atoms with Crippen LogP contribution in [-0.4, -0.2) is 40.8 Å². The van der Waals surface area contributed by atoms with Crippen LogP contribution in [0.15, 0.2) is 42.5 Å². The Kier molecular flexibility index (Phi) is 7.65. The van der Waals surface area contributed by atoms with Gasteiger partial charge in [-0.05, 0) is 42.7 Å². The van der Waals surface area contributed by atoms with Gasteiger partial charge in [-0.2, -0.15) is 0 Å². The lowest BCUT2D eigenvalue weighted by Crippen LogP contribution is -2.40. The van der Waals surface area contributed by atoms with Crippen LogP contribution in [0.1, 0.15) is 12.0 Å². The highest BCUT2D eigenvalue weighted by atomic mass is 35.5. The van der Waals surface area contributed by atoms with Gasteiger partial charge in [0, 0.05) is 6.54 Å². The fourth-order valence-electron chi connectivity index (χ4n) is 2.64. The van der Waals surface area contributed by atoms with Crippen molar-refractivity contribution < 1.29 is 22.3 Å². The Labute approximate surface area is 169 Å². The Morgan fingerprint density at radius 3 is 2.61 bits per heavy atom. The molecule has 0 bridgehead atoms. The maximum absolute atomic E-state index is 13.3. The number of sulfonamides is 1. The summed E-state index contributed by atoms with van der Waals surface area (Å²) in [6, 6.07) is 11.1. The summed E-state index contributed by atoms with van der Waals surface area (Å²) in [5.41, 5.74) is 1.15. The van der Waals surface area contributed by atoms with E-state index in [-0.39, 0.29) is 10.7 Å². The maximum atomic E-state index is 13.3. The normalized spacial score (nSPS) is 11.1. The lowest BCUT2D eigenvalue weighted by molar-refractivity contribution is -0.119. The molecule has 2 aromatic carbocycles. The zero-order valence-electron chi connectivity index (χ0n) is 15.6. The van der Waals surface area contributed by atoms with Crippen molar-refractivity contribution in [1.82, 2.24) is 5.32 Å². The van der Waals surface area contributed by atoms with E-state index >= 15 is 0 Å². The summed E-state index contributed by atoms with van der Waals surface area (Å²) < 4.78 is 43.6. The lowest BCUT2D eigenvalue weighted by atomic mass is 10.1. The van der Waals surface area contributed by atoms with E-state index in [1.165, 1.54) is 12.1 Å². The summed E-state index contributed by atoms with van der Waals surface area (Å²) in [5, 5.41) is 2.48. The Hall–Kier alpha value is -2.32. The summed E-state index contributed by atoms with van der Waals surface area (Å²) in [4.78, 5) is 12.2. The number of aryl methyl sites for hydroxylation is 1. The third-order valence-electron chi connectivity index (χ3n) is 4.02. The third kappa shape index (κ3) is 6.10. The summed E-state index contributed by atoms with van der Waals surface area (Å²) in [7, 11) is -2.15. The Balaban J connectivity index is 1.94. The van der Waals surface area contributed by atoms with Crippen molar-refractivity contribution in [3.63, 3.8) is 0 Å². The molecule has 2 aromatic rings. The van der Waals surface area contributed by atoms with Gasteiger partial charge in [0.1, 0.15) is 18.1 Å². The number of hydrogen-bond acceptors (Lipinski definition) is 4. The first kappa shape index (κ1) is 22.0. The molecule has 0 fully saturated rings. The second-order valence-electron chi connectivity index (χ2n) is 6.13. The van der Waals surface area contributed by atoms with Gasteiger partial charge in [-0.15, -0.1) is 0 Å². The molecule has 0 aliphatic rings. The number of nitrogens with one attached hydrogen (secondary N) is 1. The van der Waals surface area contributed by atoms with Crippen LogP contribution < -0.4 is 14.4 Å². The number of para-hydroxylation sites is 1. The van der Waals surface area contributed by atoms with Gasteiger partial charge < -0.3 is 10.1 Å². The minimum atomic E-state index is -3.75. The summed E-state index contributed by atoms with van der Waals surface area (Å²) >= 11 is 5.72. The molecule has 28 heavy (non-hydrogen) atoms. The highest BCUT2D eigenvalue weighted by Crippen LogP contribution is 2.24. The number of carbonyl (C=O) groups is 1. The van der Waals surface area contributed by atoms with Crippen molar-refractivity contribution in [2.24, 2.45) is 0 Å². The van der Waals surface area contributed by atoms with E-state index in [4.69, 9.17) is 16.3 Å². The van der Waals surface area contributed by atoms with Crippen molar-refractivity contribution in [2.45, 2.75) is 12.8 Å². The van der Waals surface area contributed by atoms with Crippen LogP contribution in [0.25, 0.3) is 0 Å². The number of halogens is 2. The minimum absolute atomic E-state index is 0.123. The number of ether oxygens (including phenoxy) is 1. The Bertz CT molecular complexity index is 937. The number of amides is 1. The smallest absolute Gasteiger partial charge is 0.240 e. The molecule has 1 amide bonds. The molecular formula is C19H22ClFN2O4S. The highest BCUT2D eigenvalue weighted by Gasteiger charge is 2.21. The number of anilines is 1. The predicted octanol–water partition coefficient (Wildman–Crippen LogP) is 3.00. The first-order valence-electron chi connectivity index (χ1n) is 8.53. The topological polar surface area (TPSA) is 75.7 Å². The van der Waals surface area contributed by atoms with Crippen molar-refractivity contribution >= 4 is 33.2 Å². The van der Waals surface area contributed by atoms with E-state index in [1.54, 1.807) is 7.11 Å². The molecule has 0 saturated carbocycles. The number of methoxy groups -OCH3 is 1. The number of hydrogen-bond donors (Lipinski definition) is 1. The average molecular weight is 429 g/mol. The average Bonchev–Trinajstić information content (AvgIpc) is 2.65. The Morgan fingerprint density at radius 2 is 1.96 bits per heavy atom. The summed E-state index contributed by atoms with van der Waals surface area (Å²) in [6.07, 6.45) is 2.33. The molecular weight excluding hydrogens is 407 g/mol. The molecule has 0 saturated heterocycles. The van der Waals surface area contributed by atoms with Crippen LogP contribution in [0, 0.1) is 5.82 Å². The van der Waals surface area contributed by atoms with E-state index < -0.39 is 28.3 Å². The van der Waals surface area contributed by atoms with Crippen LogP contribution in [0.2, 0.25) is 5.02 Å². The van der Waals surface area contributed by atoms with Crippen LogP contribution in [0.5, 0.6) is 5.75 Å². The van der Waals surface area contributed by atoms with Crippen LogP contribution >= 0.6 is 11.6 Å². The van der Waals surface area contributed by atoms with Crippen LogP contribution in [0.4, 0.5) is 10.1 Å². The molecule has 2 rings (SSSR count). The van der Waals surface area contributed by atoms with Gasteiger partial charge in [-0.1, -0.05) is 29.8 Å². The number of rotatable bonds is 9. The molecule has 0 spiro atoms. The fraction of sp³-hybridized carbons (Fsp3) is 0.316. The number of benzene rings is 2. The van der Waals surface area contributed by atoms with E-state index in [1.807, 2.05) is 24.3 Å². The first-order valence-corrected chi connectivity index (χ1v) is 10.8. The molecule has 0 aliphatic carbocycles. The largest absolute Gasteiger partial charge is 0.496 e. The van der Waals surface area contributed by atoms with Crippen LogP contribution in [0.3, 0.4) is 0 Å². The van der Waals surface area contributed by atoms with Crippen molar-refractivity contribution in [2.75, 3.05) is 30.8 Å². The second-order valence-corrected chi connectivity index (χ2v) is 8.45. The summed E-state index contributed by atoms with van der Waals surface area (Å²) in [6.45, 7) is -0.0475. The van der Waals surface area contributed by atoms with Crippen molar-refractivity contribution in [3.05, 3.63) is 58.9 Å². The highest BCUT2D eigenvalue weighted by molar-refractivity contribution is 7.92. The van der Waals surface area contributed by atoms with Gasteiger partial charge in [0.05, 0.1) is 24.1 Å². The van der Waals surface area contributed by atoms with Crippen molar-refractivity contribution in [3.8, 4) is 5.75 Å². The fourth-order valence-corrected chi connectivity index (χ4v) is 3.67. The molecule has 0 unspecified atom stereocenters. The molecule has 0 heterocycles. The minimum Gasteiger partial charge on any atom is -0.496 e. The van der Waals surface area contributed by atoms with E-state index in [0.717, 1.165) is 27.9 Å². The number of carbonyl (C=O) groups excluding carboxylic acids is 1. The Morgan fingerprint density at radius 1 is 1.25 bits per heavy atom. The SMILES string of the molecule is COc1ccccc1CCCNC(=O)CN(c1ccc(F)c(Cl)c1)S(C)(=O)=O. The number of nitrogens with zero attached hydrogens (tertiary/aromatic N) is 1. The van der Waals surface area contributed by atoms with Crippen molar-refractivity contribution in [1.29, 1.82) is 0 Å². The van der Waals surface area contributed by atoms with Gasteiger partial charge in [-0.3, -0.25) is 9.10 Å². The molecule has 1 N–H and O–H groups in total. The molecule has 9 heteroatoms. The third-order valence-corrected chi connectivity index (χ3v) is 5.45. The molecule has 0 atom stereocenters. The van der Waals surface area contributed by atoms with Gasteiger partial charge >= 0.3 is 0 Å².